The molecule has 0 saturated carbocycles. The second kappa shape index (κ2) is 7.25. The standard InChI is InChI=1S/C18H17BrN2O5/c1-10(22)21-18(13-8-11(19)9-15(25-3)16(13)23)26-17(20-21)12-6-4-5-7-14(12)24-2/h4-9,18,23H,1-3H3/t18-/m0/s1. The molecule has 3 rings (SSSR count). The molecule has 2 aromatic carbocycles. The van der Waals surface area contributed by atoms with Crippen LogP contribution in [0.1, 0.15) is 24.3 Å². The topological polar surface area (TPSA) is 80.6 Å². The number of phenolic OH excluding ortho intramolecular Hbond substituents is 1. The van der Waals surface area contributed by atoms with E-state index in [9.17, 15) is 9.90 Å². The number of carbonyl (C=O) groups excluding carboxylic acids is 1. The van der Waals surface area contributed by atoms with Crippen LogP contribution in [0.2, 0.25) is 0 Å². The highest BCUT2D eigenvalue weighted by Crippen LogP contribution is 2.42. The van der Waals surface area contributed by atoms with Gasteiger partial charge in [0, 0.05) is 11.4 Å². The fourth-order valence-corrected chi connectivity index (χ4v) is 3.09. The van der Waals surface area contributed by atoms with Crippen LogP contribution in [0.3, 0.4) is 0 Å². The molecular formula is C18H17BrN2O5. The summed E-state index contributed by atoms with van der Waals surface area (Å²) in [5.74, 6) is 0.585. The molecule has 0 unspecified atom stereocenters. The molecule has 0 spiro atoms. The molecule has 0 aromatic heterocycles. The van der Waals surface area contributed by atoms with Crippen LogP contribution in [0.4, 0.5) is 0 Å². The van der Waals surface area contributed by atoms with Gasteiger partial charge < -0.3 is 19.3 Å². The summed E-state index contributed by atoms with van der Waals surface area (Å²) in [7, 11) is 2.99. The minimum absolute atomic E-state index is 0.122. The number of phenols is 1. The summed E-state index contributed by atoms with van der Waals surface area (Å²) >= 11 is 3.37. The lowest BCUT2D eigenvalue weighted by Gasteiger charge is -2.21. The zero-order valence-electron chi connectivity index (χ0n) is 14.4. The average molecular weight is 421 g/mol. The maximum absolute atomic E-state index is 12.1. The first kappa shape index (κ1) is 18.1. The minimum Gasteiger partial charge on any atom is -0.504 e. The molecule has 0 radical (unpaired) electrons. The number of amides is 1. The molecule has 0 aliphatic carbocycles. The number of nitrogens with zero attached hydrogens (tertiary/aromatic N) is 2. The smallest absolute Gasteiger partial charge is 0.244 e. The van der Waals surface area contributed by atoms with E-state index >= 15 is 0 Å². The Hall–Kier alpha value is -2.74. The van der Waals surface area contributed by atoms with E-state index in [1.54, 1.807) is 31.4 Å². The molecule has 1 heterocycles. The van der Waals surface area contributed by atoms with Crippen molar-refractivity contribution >= 4 is 27.7 Å². The van der Waals surface area contributed by atoms with Gasteiger partial charge in [0.1, 0.15) is 5.75 Å². The van der Waals surface area contributed by atoms with E-state index in [0.29, 0.717) is 21.3 Å². The third kappa shape index (κ3) is 3.20. The van der Waals surface area contributed by atoms with Crippen molar-refractivity contribution in [2.24, 2.45) is 5.10 Å². The van der Waals surface area contributed by atoms with E-state index in [0.717, 1.165) is 0 Å². The van der Waals surface area contributed by atoms with Crippen LogP contribution in [0.25, 0.3) is 0 Å². The second-order valence-electron chi connectivity index (χ2n) is 5.49. The zero-order valence-corrected chi connectivity index (χ0v) is 16.0. The first-order valence-electron chi connectivity index (χ1n) is 7.71. The lowest BCUT2D eigenvalue weighted by Crippen LogP contribution is -2.25. The number of aromatic hydroxyl groups is 1. The van der Waals surface area contributed by atoms with Gasteiger partial charge in [-0.05, 0) is 24.3 Å². The molecular weight excluding hydrogens is 404 g/mol. The maximum atomic E-state index is 12.1. The van der Waals surface area contributed by atoms with Gasteiger partial charge in [-0.1, -0.05) is 28.1 Å². The van der Waals surface area contributed by atoms with Gasteiger partial charge in [-0.3, -0.25) is 4.79 Å². The number of methoxy groups -OCH3 is 2. The normalized spacial score (nSPS) is 16.1. The van der Waals surface area contributed by atoms with Gasteiger partial charge in [0.2, 0.25) is 18.0 Å². The Labute approximate surface area is 158 Å². The first-order chi connectivity index (χ1) is 12.5. The third-order valence-electron chi connectivity index (χ3n) is 3.86. The highest BCUT2D eigenvalue weighted by molar-refractivity contribution is 9.10. The number of halogens is 1. The fourth-order valence-electron chi connectivity index (χ4n) is 2.64. The van der Waals surface area contributed by atoms with Crippen LogP contribution in [0.15, 0.2) is 46.0 Å². The van der Waals surface area contributed by atoms with Gasteiger partial charge in [0.15, 0.2) is 11.5 Å². The molecule has 26 heavy (non-hydrogen) atoms. The largest absolute Gasteiger partial charge is 0.504 e. The van der Waals surface area contributed by atoms with E-state index in [1.807, 2.05) is 12.1 Å². The van der Waals surface area contributed by atoms with Crippen LogP contribution in [0.5, 0.6) is 17.2 Å². The number of benzene rings is 2. The molecule has 0 bridgehead atoms. The number of ether oxygens (including phenoxy) is 3. The highest BCUT2D eigenvalue weighted by atomic mass is 79.9. The Bertz CT molecular complexity index is 884. The van der Waals surface area contributed by atoms with Crippen molar-refractivity contribution in [2.75, 3.05) is 14.2 Å². The number of hydrazone groups is 1. The summed E-state index contributed by atoms with van der Waals surface area (Å²) in [5.41, 5.74) is 0.949. The Morgan fingerprint density at radius 2 is 1.92 bits per heavy atom. The number of carbonyl (C=O) groups is 1. The van der Waals surface area contributed by atoms with Crippen molar-refractivity contribution in [1.29, 1.82) is 0 Å². The predicted molar refractivity (Wildman–Crippen MR) is 98.2 cm³/mol. The highest BCUT2D eigenvalue weighted by Gasteiger charge is 2.36. The maximum Gasteiger partial charge on any atom is 0.244 e. The third-order valence-corrected chi connectivity index (χ3v) is 4.32. The molecule has 8 heteroatoms. The van der Waals surface area contributed by atoms with Crippen molar-refractivity contribution in [2.45, 2.75) is 13.2 Å². The summed E-state index contributed by atoms with van der Waals surface area (Å²) < 4.78 is 17.1. The minimum atomic E-state index is -0.932. The molecule has 2 aromatic rings. The van der Waals surface area contributed by atoms with Crippen LogP contribution >= 0.6 is 15.9 Å². The second-order valence-corrected chi connectivity index (χ2v) is 6.40. The van der Waals surface area contributed by atoms with Crippen LogP contribution in [-0.2, 0) is 9.53 Å². The SMILES string of the molecule is COc1ccccc1C1=NN(C(C)=O)[C@H](c2cc(Br)cc(OC)c2O)O1. The monoisotopic (exact) mass is 420 g/mol. The van der Waals surface area contributed by atoms with E-state index in [-0.39, 0.29) is 23.3 Å². The van der Waals surface area contributed by atoms with Gasteiger partial charge >= 0.3 is 0 Å². The summed E-state index contributed by atoms with van der Waals surface area (Å²) in [6.45, 7) is 1.37. The van der Waals surface area contributed by atoms with Crippen LogP contribution < -0.4 is 9.47 Å². The molecule has 0 fully saturated rings. The average Bonchev–Trinajstić information content (AvgIpc) is 3.08. The fraction of sp³-hybridized carbons (Fsp3) is 0.222. The van der Waals surface area contributed by atoms with Crippen LogP contribution in [0, 0.1) is 0 Å². The summed E-state index contributed by atoms with van der Waals surface area (Å²) in [6.07, 6.45) is -0.932. The number of hydrogen-bond donors (Lipinski definition) is 1. The molecule has 1 atom stereocenters. The molecule has 1 N–H and O–H groups in total. The van der Waals surface area contributed by atoms with Crippen molar-refractivity contribution in [3.8, 4) is 17.2 Å². The number of rotatable bonds is 4. The lowest BCUT2D eigenvalue weighted by molar-refractivity contribution is -0.135. The number of para-hydroxylation sites is 1. The van der Waals surface area contributed by atoms with E-state index in [4.69, 9.17) is 14.2 Å². The lowest BCUT2D eigenvalue weighted by atomic mass is 10.1. The number of hydrogen-bond acceptors (Lipinski definition) is 6. The van der Waals surface area contributed by atoms with Gasteiger partial charge in [-0.2, -0.15) is 5.01 Å². The van der Waals surface area contributed by atoms with Gasteiger partial charge in [-0.15, -0.1) is 5.10 Å². The van der Waals surface area contributed by atoms with Gasteiger partial charge in [0.25, 0.3) is 0 Å². The Morgan fingerprint density at radius 3 is 2.58 bits per heavy atom. The van der Waals surface area contributed by atoms with Crippen molar-refractivity contribution in [1.82, 2.24) is 5.01 Å². The summed E-state index contributed by atoms with van der Waals surface area (Å²) in [5, 5.41) is 15.9. The Morgan fingerprint density at radius 1 is 1.23 bits per heavy atom. The Balaban J connectivity index is 2.06. The van der Waals surface area contributed by atoms with Crippen molar-refractivity contribution in [3.05, 3.63) is 52.0 Å². The summed E-state index contributed by atoms with van der Waals surface area (Å²) in [4.78, 5) is 12.1. The molecule has 7 nitrogen and oxygen atoms in total. The molecule has 1 aliphatic rings. The molecule has 0 saturated heterocycles. The Kier molecular flexibility index (Phi) is 5.03. The first-order valence-corrected chi connectivity index (χ1v) is 8.50. The molecule has 1 amide bonds. The van der Waals surface area contributed by atoms with Crippen molar-refractivity contribution < 1.29 is 24.1 Å². The van der Waals surface area contributed by atoms with E-state index in [1.165, 1.54) is 19.0 Å². The van der Waals surface area contributed by atoms with E-state index < -0.39 is 6.23 Å². The van der Waals surface area contributed by atoms with E-state index in [2.05, 4.69) is 21.0 Å². The van der Waals surface area contributed by atoms with Crippen molar-refractivity contribution in [3.63, 3.8) is 0 Å². The zero-order chi connectivity index (χ0) is 18.8. The van der Waals surface area contributed by atoms with Gasteiger partial charge in [-0.25, -0.2) is 0 Å². The van der Waals surface area contributed by atoms with Crippen LogP contribution in [-0.4, -0.2) is 36.1 Å². The summed E-state index contributed by atoms with van der Waals surface area (Å²) in [6, 6.07) is 10.5. The van der Waals surface area contributed by atoms with Gasteiger partial charge in [0.05, 0.1) is 25.3 Å². The quantitative estimate of drug-likeness (QED) is 0.819. The predicted octanol–water partition coefficient (Wildman–Crippen LogP) is 3.41. The molecule has 136 valence electrons. The molecule has 1 aliphatic heterocycles.